The molecule has 34 heteroatoms. The molecule has 11 rings (SSSR count). The topological polar surface area (TPSA) is 592 Å². The van der Waals surface area contributed by atoms with E-state index >= 15 is 0 Å². The minimum Gasteiger partial charge on any atom is -0.507 e. The van der Waals surface area contributed by atoms with Gasteiger partial charge in [-0.2, -0.15) is 4.98 Å². The van der Waals surface area contributed by atoms with Crippen LogP contribution in [0.25, 0.3) is 11.2 Å². The van der Waals surface area contributed by atoms with E-state index in [1.54, 1.807) is 49.5 Å². The van der Waals surface area contributed by atoms with Crippen molar-refractivity contribution in [1.29, 1.82) is 5.41 Å². The highest BCUT2D eigenvalue weighted by atomic mass is 16.7. The largest absolute Gasteiger partial charge is 0.507 e. The molecule has 8 atom stereocenters. The summed E-state index contributed by atoms with van der Waals surface area (Å²) >= 11 is 0. The number of nitrogen functional groups attached to an aromatic ring is 1. The van der Waals surface area contributed by atoms with Gasteiger partial charge in [0.1, 0.15) is 51.7 Å². The highest BCUT2D eigenvalue weighted by molar-refractivity contribution is 6.34. The number of methoxy groups -OCH3 is 1. The van der Waals surface area contributed by atoms with Gasteiger partial charge >= 0.3 is 11.9 Å². The molecule has 2 aromatic heterocycles. The van der Waals surface area contributed by atoms with Crippen LogP contribution in [0.3, 0.4) is 0 Å². The summed E-state index contributed by atoms with van der Waals surface area (Å²) in [7, 11) is 1.34. The van der Waals surface area contributed by atoms with Crippen molar-refractivity contribution in [2.75, 3.05) is 76.0 Å². The second-order valence-corrected chi connectivity index (χ2v) is 25.1. The predicted octanol–water partition coefficient (Wildman–Crippen LogP) is 2.25. The molecule has 0 spiro atoms. The van der Waals surface area contributed by atoms with Gasteiger partial charge in [-0.05, 0) is 87.1 Å². The first kappa shape index (κ1) is 79.8. The molecule has 34 nitrogen and oxygen atoms in total. The number of ether oxygens (including phenoxy) is 3. The highest BCUT2D eigenvalue weighted by Crippen LogP contribution is 2.53. The molecular formula is C71H85N13O21. The van der Waals surface area contributed by atoms with Crippen LogP contribution < -0.4 is 54.6 Å². The number of nitrogens with zero attached hydrogens (tertiary/aromatic N) is 3. The molecule has 1 amide bonds. The van der Waals surface area contributed by atoms with Crippen molar-refractivity contribution in [1.82, 2.24) is 42.0 Å². The van der Waals surface area contributed by atoms with E-state index in [1.807, 2.05) is 6.92 Å². The smallest absolute Gasteiger partial charge is 0.326 e. The van der Waals surface area contributed by atoms with Gasteiger partial charge in [0, 0.05) is 105 Å². The first-order valence-electron chi connectivity index (χ1n) is 33.3. The SMILES string of the molecule is CCC(Cc1cnc2nc(=N)[nH]c(N)c2n1)c1ccc(C(=O)N[C@@H](CCC(=O)O)C(=O)O)cc1.COc1cccc2c1C(=O)c1c(O)c3c(c(O)c1C2=O)C[C@@](O)(C(C)=O)C[C@@H]3O[C@H]1C[C@H](N)[C@H](O)[C@H](C)O1.N.O=C1c2c(O)ccc(O)c2C(=O)c2c(NCCNCCO)ccc(NCCNCCO)c21. The average molecular weight is 1460 g/mol. The van der Waals surface area contributed by atoms with Gasteiger partial charge in [0.15, 0.2) is 23.5 Å². The van der Waals surface area contributed by atoms with Crippen molar-refractivity contribution < 1.29 is 104 Å². The van der Waals surface area contributed by atoms with E-state index in [1.165, 1.54) is 44.4 Å². The zero-order valence-corrected chi connectivity index (χ0v) is 57.7. The maximum absolute atomic E-state index is 13.6. The second-order valence-electron chi connectivity index (χ2n) is 25.1. The molecule has 1 fully saturated rings. The Morgan fingerprint density at radius 3 is 1.91 bits per heavy atom. The molecule has 24 N–H and O–H groups in total. The lowest BCUT2D eigenvalue weighted by molar-refractivity contribution is -0.247. The number of aromatic nitrogens is 4. The molecule has 0 bridgehead atoms. The monoisotopic (exact) mass is 1460 g/mol. The lowest BCUT2D eigenvalue weighted by Gasteiger charge is -2.42. The molecule has 4 aliphatic rings. The number of nitrogens with two attached hydrogens (primary N) is 2. The summed E-state index contributed by atoms with van der Waals surface area (Å²) < 4.78 is 17.1. The first-order chi connectivity index (χ1) is 49.6. The Labute approximate surface area is 599 Å². The van der Waals surface area contributed by atoms with Gasteiger partial charge in [-0.3, -0.25) is 39.0 Å². The number of hydrogen-bond acceptors (Lipinski definition) is 30. The van der Waals surface area contributed by atoms with Crippen LogP contribution in [0.4, 0.5) is 17.2 Å². The fraction of sp³-hybridized carbons (Fsp3) is 0.380. The molecule has 0 saturated carbocycles. The number of Topliss-reactive ketones (excluding diaryl/α,β-unsaturated/α-hetero) is 1. The minimum absolute atomic E-state index is 0. The normalized spacial score (nSPS) is 18.9. The third-order valence-corrected chi connectivity index (χ3v) is 18.3. The molecule has 5 aromatic carbocycles. The van der Waals surface area contributed by atoms with E-state index < -0.39 is 118 Å². The Morgan fingerprint density at radius 1 is 0.781 bits per heavy atom. The van der Waals surface area contributed by atoms with E-state index in [9.17, 15) is 74.1 Å². The van der Waals surface area contributed by atoms with Crippen LogP contribution in [-0.4, -0.2) is 214 Å². The summed E-state index contributed by atoms with van der Waals surface area (Å²) in [5.41, 5.74) is 12.1. The third kappa shape index (κ3) is 17.3. The number of phenols is 4. The summed E-state index contributed by atoms with van der Waals surface area (Å²) in [6.45, 7) is 7.62. The number of H-pyrrole nitrogens is 1. The van der Waals surface area contributed by atoms with Crippen molar-refractivity contribution in [2.45, 2.75) is 114 Å². The van der Waals surface area contributed by atoms with E-state index in [0.29, 0.717) is 68.3 Å². The number of carbonyl (C=O) groups is 8. The molecule has 0 radical (unpaired) electrons. The van der Waals surface area contributed by atoms with E-state index in [2.05, 4.69) is 46.5 Å². The molecule has 7 aromatic rings. The van der Waals surface area contributed by atoms with Crippen LogP contribution in [0.5, 0.6) is 28.7 Å². The maximum atomic E-state index is 13.6. The standard InChI is InChI=1S/C27H29NO10.C22H25N7O5.C22H28N4O6.H3N/c1-10-22(30)14(28)7-17(37-10)38-16-9-27(35,11(2)29)8-13-19(16)26(34)21-20(24(13)32)23(31)12-5-4-6-15(36-3)18(12)25(21)33;1-2-11(9-14-10-25-19-17(26-14)18(23)28-22(24)29-19)12-3-5-13(6-4-12)20(32)27-15(21(33)34)7-8-16(30)31;27-11-9-23-5-7-25-13-1-2-14(26-8-6-24-10-12-28)18-17(13)21(31)19-15(29)3-4-16(30)20(19)22(18)32;/h4-6,10,14,16-17,22,30,32,34-35H,7-9,28H2,1-3H3;3-6,10-11,15H,2,7-9H2,1H3,(H,27,32)(H,30,31)(H,33,34)(H4,23,24,25,28,29);1-4,23-30H,5-12H2;1H3/t10-,14-,16-,17-,22+,27-;11?,15-;;/m00../s1. The van der Waals surface area contributed by atoms with Crippen molar-refractivity contribution in [2.24, 2.45) is 5.73 Å². The number of aliphatic carboxylic acids is 2. The van der Waals surface area contributed by atoms with Crippen LogP contribution in [0, 0.1) is 5.41 Å². The Balaban J connectivity index is 0.000000199. The number of benzene rings is 5. The number of aromatic hydroxyl groups is 4. The zero-order valence-electron chi connectivity index (χ0n) is 57.7. The maximum Gasteiger partial charge on any atom is 0.326 e. The third-order valence-electron chi connectivity index (χ3n) is 18.3. The number of hydrogen-bond donors (Lipinski definition) is 20. The Bertz CT molecular complexity index is 4450. The van der Waals surface area contributed by atoms with Gasteiger partial charge in [0.05, 0.1) is 89.5 Å². The number of aromatic amines is 1. The van der Waals surface area contributed by atoms with Crippen molar-refractivity contribution >= 4 is 75.1 Å². The number of anilines is 3. The van der Waals surface area contributed by atoms with Crippen molar-refractivity contribution in [3.05, 3.63) is 151 Å². The number of carboxylic acid groups (broad SMARTS) is 2. The summed E-state index contributed by atoms with van der Waals surface area (Å²) in [5.74, 6) is -7.77. The van der Waals surface area contributed by atoms with Gasteiger partial charge < -0.3 is 114 Å². The molecule has 3 aliphatic carbocycles. The quantitative estimate of drug-likeness (QED) is 0.0273. The zero-order chi connectivity index (χ0) is 75.6. The van der Waals surface area contributed by atoms with Gasteiger partial charge in [-0.15, -0.1) is 0 Å². The fourth-order valence-corrected chi connectivity index (χ4v) is 12.8. The van der Waals surface area contributed by atoms with Crippen molar-refractivity contribution in [3.63, 3.8) is 0 Å². The van der Waals surface area contributed by atoms with E-state index in [-0.39, 0.29) is 135 Å². The lowest BCUT2D eigenvalue weighted by Crippen LogP contribution is -2.52. The lowest BCUT2D eigenvalue weighted by atomic mass is 9.72. The number of fused-ring (bicyclic) bond motifs is 6. The number of nitrogens with one attached hydrogen (secondary N) is 7. The molecule has 105 heavy (non-hydrogen) atoms. The van der Waals surface area contributed by atoms with Gasteiger partial charge in [-0.1, -0.05) is 31.2 Å². The first-order valence-corrected chi connectivity index (χ1v) is 33.3. The molecular weight excluding hydrogens is 1370 g/mol. The summed E-state index contributed by atoms with van der Waals surface area (Å²) in [6, 6.07) is 15.0. The Morgan fingerprint density at radius 2 is 1.37 bits per heavy atom. The molecule has 3 heterocycles. The van der Waals surface area contributed by atoms with Crippen LogP contribution in [0.2, 0.25) is 0 Å². The van der Waals surface area contributed by atoms with Crippen LogP contribution in [0.15, 0.2) is 72.9 Å². The van der Waals surface area contributed by atoms with E-state index in [0.717, 1.165) is 12.0 Å². The van der Waals surface area contributed by atoms with Gasteiger partial charge in [-0.25, -0.2) is 14.8 Å². The molecule has 1 unspecified atom stereocenters. The fourth-order valence-electron chi connectivity index (χ4n) is 12.8. The average Bonchev–Trinajstić information content (AvgIpc) is 0.715. The number of rotatable bonds is 26. The summed E-state index contributed by atoms with van der Waals surface area (Å²) in [6.07, 6.45) is -2.16. The second kappa shape index (κ2) is 34.6. The Hall–Kier alpha value is -10.9. The number of aliphatic hydroxyl groups is 4. The highest BCUT2D eigenvalue weighted by Gasteiger charge is 2.50. The number of aliphatic hydroxyl groups excluding tert-OH is 3. The van der Waals surface area contributed by atoms with Gasteiger partial charge in [0.25, 0.3) is 5.91 Å². The summed E-state index contributed by atoms with van der Waals surface area (Å²) in [5, 5.41) is 123. The summed E-state index contributed by atoms with van der Waals surface area (Å²) in [4.78, 5) is 116. The van der Waals surface area contributed by atoms with E-state index in [4.69, 9.17) is 46.4 Å². The number of ketones is 5. The number of carboxylic acids is 2. The Kier molecular flexibility index (Phi) is 26.3. The van der Waals surface area contributed by atoms with Crippen LogP contribution in [0.1, 0.15) is 161 Å². The molecule has 560 valence electrons. The molecule has 1 aliphatic heterocycles. The minimum atomic E-state index is -2.00. The van der Waals surface area contributed by atoms with Crippen LogP contribution in [-0.2, 0) is 36.7 Å². The number of carbonyl (C=O) groups excluding carboxylic acids is 6. The van der Waals surface area contributed by atoms with Gasteiger partial charge in [0.2, 0.25) is 23.0 Å². The number of amides is 1. The van der Waals surface area contributed by atoms with Crippen LogP contribution >= 0.6 is 0 Å². The predicted molar refractivity (Wildman–Crippen MR) is 376 cm³/mol. The molecule has 1 saturated heterocycles. The number of phenolic OH excluding ortho intramolecular Hbond substituents is 4. The van der Waals surface area contributed by atoms with Crippen molar-refractivity contribution in [3.8, 4) is 28.7 Å².